The van der Waals surface area contributed by atoms with Gasteiger partial charge in [-0.3, -0.25) is 14.4 Å². The van der Waals surface area contributed by atoms with E-state index in [1.54, 1.807) is 48.5 Å². The van der Waals surface area contributed by atoms with Gasteiger partial charge >= 0.3 is 0 Å². The quantitative estimate of drug-likeness (QED) is 0.732. The largest absolute Gasteiger partial charge is 0.488 e. The van der Waals surface area contributed by atoms with Gasteiger partial charge in [-0.25, -0.2) is 0 Å². The van der Waals surface area contributed by atoms with Crippen molar-refractivity contribution in [3.63, 3.8) is 0 Å². The maximum Gasteiger partial charge on any atom is 0.285 e. The summed E-state index contributed by atoms with van der Waals surface area (Å²) < 4.78 is 5.91. The molecule has 0 fully saturated rings. The number of nitrogens with zero attached hydrogens (tertiary/aromatic N) is 1. The number of benzene rings is 2. The van der Waals surface area contributed by atoms with E-state index in [-0.39, 0.29) is 18.6 Å². The van der Waals surface area contributed by atoms with Crippen molar-refractivity contribution in [3.05, 3.63) is 64.7 Å². The van der Waals surface area contributed by atoms with Crippen LogP contribution in [0.4, 0.5) is 0 Å². The molecule has 25 heavy (non-hydrogen) atoms. The molecule has 0 aliphatic carbocycles. The predicted octanol–water partition coefficient (Wildman–Crippen LogP) is 3.97. The van der Waals surface area contributed by atoms with E-state index in [1.807, 2.05) is 13.8 Å². The number of hydrogen-bond donors (Lipinski definition) is 0. The number of halogens is 1. The molecule has 2 aromatic rings. The molecule has 0 bridgehead atoms. The zero-order chi connectivity index (χ0) is 18.0. The lowest BCUT2D eigenvalue weighted by Gasteiger charge is -2.24. The second kappa shape index (κ2) is 7.25. The molecular weight excluding hydrogens is 342 g/mol. The van der Waals surface area contributed by atoms with Gasteiger partial charge in [0.15, 0.2) is 0 Å². The normalized spacial score (nSPS) is 14.8. The lowest BCUT2D eigenvalue weighted by molar-refractivity contribution is -0.117. The molecule has 1 aliphatic heterocycles. The number of ether oxygens (including phenoxy) is 1. The Morgan fingerprint density at radius 3 is 2.04 bits per heavy atom. The zero-order valence-electron chi connectivity index (χ0n) is 13.9. The fourth-order valence-electron chi connectivity index (χ4n) is 2.48. The Morgan fingerprint density at radius 2 is 1.52 bits per heavy atom. The van der Waals surface area contributed by atoms with E-state index >= 15 is 0 Å². The molecule has 0 saturated carbocycles. The molecule has 2 aromatic carbocycles. The summed E-state index contributed by atoms with van der Waals surface area (Å²) in [5.74, 6) is -0.135. The van der Waals surface area contributed by atoms with Crippen molar-refractivity contribution in [1.82, 2.24) is 5.06 Å². The highest BCUT2D eigenvalue weighted by atomic mass is 35.5. The van der Waals surface area contributed by atoms with E-state index in [9.17, 15) is 9.59 Å². The van der Waals surface area contributed by atoms with Gasteiger partial charge in [-0.1, -0.05) is 37.6 Å². The first kappa shape index (κ1) is 17.5. The molecule has 1 heterocycles. The Kier molecular flexibility index (Phi) is 5.06. The molecule has 1 atom stereocenters. The molecule has 0 spiro atoms. The Balaban J connectivity index is 1.67. The van der Waals surface area contributed by atoms with Crippen molar-refractivity contribution in [2.45, 2.75) is 20.0 Å². The van der Waals surface area contributed by atoms with Gasteiger partial charge in [0.1, 0.15) is 18.5 Å². The summed E-state index contributed by atoms with van der Waals surface area (Å²) >= 11 is 5.87. The van der Waals surface area contributed by atoms with Gasteiger partial charge in [-0.05, 0) is 42.3 Å². The van der Waals surface area contributed by atoms with E-state index < -0.39 is 11.8 Å². The van der Waals surface area contributed by atoms with Crippen molar-refractivity contribution in [2.75, 3.05) is 6.61 Å². The number of imide groups is 1. The molecule has 130 valence electrons. The first-order chi connectivity index (χ1) is 12.0. The van der Waals surface area contributed by atoms with Crippen LogP contribution >= 0.6 is 11.6 Å². The van der Waals surface area contributed by atoms with E-state index in [0.717, 1.165) is 5.06 Å². The predicted molar refractivity (Wildman–Crippen MR) is 93.6 cm³/mol. The van der Waals surface area contributed by atoms with Crippen molar-refractivity contribution < 1.29 is 19.2 Å². The summed E-state index contributed by atoms with van der Waals surface area (Å²) in [5.41, 5.74) is 0.708. The number of rotatable bonds is 6. The molecular formula is C19H18ClNO4. The van der Waals surface area contributed by atoms with Crippen molar-refractivity contribution >= 4 is 23.4 Å². The molecule has 1 unspecified atom stereocenters. The third-order valence-electron chi connectivity index (χ3n) is 3.97. The van der Waals surface area contributed by atoms with Crippen LogP contribution in [-0.4, -0.2) is 29.6 Å². The molecule has 1 aliphatic rings. The van der Waals surface area contributed by atoms with Gasteiger partial charge in [-0.15, -0.1) is 5.06 Å². The standard InChI is InChI=1S/C19H18ClNO4/c1-12(2)17(25-14-9-7-13(20)8-10-14)11-24-21-18(22)15-5-3-4-6-16(15)19(21)23/h3-10,12,17H,11H2,1-2H3. The second-order valence-electron chi connectivity index (χ2n) is 6.10. The molecule has 0 N–H and O–H groups in total. The number of hydrogen-bond acceptors (Lipinski definition) is 4. The van der Waals surface area contributed by atoms with Crippen LogP contribution in [0, 0.1) is 5.92 Å². The van der Waals surface area contributed by atoms with Gasteiger partial charge in [0.2, 0.25) is 0 Å². The monoisotopic (exact) mass is 359 g/mol. The summed E-state index contributed by atoms with van der Waals surface area (Å²) in [6.45, 7) is 4.03. The molecule has 2 amide bonds. The fraction of sp³-hybridized carbons (Fsp3) is 0.263. The van der Waals surface area contributed by atoms with Crippen LogP contribution in [0.2, 0.25) is 5.02 Å². The second-order valence-corrected chi connectivity index (χ2v) is 6.54. The first-order valence-corrected chi connectivity index (χ1v) is 8.38. The van der Waals surface area contributed by atoms with Gasteiger partial charge in [0.25, 0.3) is 11.8 Å². The average Bonchev–Trinajstić information content (AvgIpc) is 2.85. The summed E-state index contributed by atoms with van der Waals surface area (Å²) in [6.07, 6.45) is -0.328. The summed E-state index contributed by atoms with van der Waals surface area (Å²) in [5, 5.41) is 1.43. The molecule has 0 radical (unpaired) electrons. The van der Waals surface area contributed by atoms with E-state index in [4.69, 9.17) is 21.2 Å². The van der Waals surface area contributed by atoms with Crippen LogP contribution in [0.3, 0.4) is 0 Å². The van der Waals surface area contributed by atoms with Gasteiger partial charge in [-0.2, -0.15) is 0 Å². The molecule has 5 nitrogen and oxygen atoms in total. The number of hydroxylamine groups is 2. The highest BCUT2D eigenvalue weighted by Gasteiger charge is 2.37. The molecule has 0 aromatic heterocycles. The Labute approximate surface area is 151 Å². The SMILES string of the molecule is CC(C)C(CON1C(=O)c2ccccc2C1=O)Oc1ccc(Cl)cc1. The topological polar surface area (TPSA) is 55.8 Å². The summed E-state index contributed by atoms with van der Waals surface area (Å²) in [7, 11) is 0. The van der Waals surface area contributed by atoms with Crippen LogP contribution in [0.1, 0.15) is 34.6 Å². The van der Waals surface area contributed by atoms with E-state index in [0.29, 0.717) is 21.9 Å². The highest BCUT2D eigenvalue weighted by Crippen LogP contribution is 2.24. The number of carbonyl (C=O) groups is 2. The number of fused-ring (bicyclic) bond motifs is 1. The molecule has 0 saturated heterocycles. The Morgan fingerprint density at radius 1 is 0.960 bits per heavy atom. The van der Waals surface area contributed by atoms with Crippen LogP contribution < -0.4 is 4.74 Å². The smallest absolute Gasteiger partial charge is 0.285 e. The zero-order valence-corrected chi connectivity index (χ0v) is 14.7. The van der Waals surface area contributed by atoms with Gasteiger partial charge in [0.05, 0.1) is 11.1 Å². The third-order valence-corrected chi connectivity index (χ3v) is 4.22. The van der Waals surface area contributed by atoms with Gasteiger partial charge in [0, 0.05) is 5.02 Å². The van der Waals surface area contributed by atoms with Crippen molar-refractivity contribution in [3.8, 4) is 5.75 Å². The minimum atomic E-state index is -0.449. The van der Waals surface area contributed by atoms with E-state index in [1.165, 1.54) is 0 Å². The third kappa shape index (κ3) is 3.67. The minimum Gasteiger partial charge on any atom is -0.488 e. The van der Waals surface area contributed by atoms with E-state index in [2.05, 4.69) is 0 Å². The van der Waals surface area contributed by atoms with Crippen LogP contribution in [-0.2, 0) is 4.84 Å². The maximum atomic E-state index is 12.3. The summed E-state index contributed by atoms with van der Waals surface area (Å²) in [4.78, 5) is 30.1. The molecule has 3 rings (SSSR count). The lowest BCUT2D eigenvalue weighted by atomic mass is 10.1. The summed E-state index contributed by atoms with van der Waals surface area (Å²) in [6, 6.07) is 13.7. The molecule has 6 heteroatoms. The lowest BCUT2D eigenvalue weighted by Crippen LogP contribution is -2.37. The van der Waals surface area contributed by atoms with Crippen molar-refractivity contribution in [2.24, 2.45) is 5.92 Å². The Bertz CT molecular complexity index is 753. The number of amides is 2. The average molecular weight is 360 g/mol. The van der Waals surface area contributed by atoms with Crippen molar-refractivity contribution in [1.29, 1.82) is 0 Å². The van der Waals surface area contributed by atoms with Crippen LogP contribution in [0.25, 0.3) is 0 Å². The van der Waals surface area contributed by atoms with Crippen LogP contribution in [0.15, 0.2) is 48.5 Å². The first-order valence-electron chi connectivity index (χ1n) is 8.00. The Hall–Kier alpha value is -2.37. The van der Waals surface area contributed by atoms with Gasteiger partial charge < -0.3 is 4.74 Å². The maximum absolute atomic E-state index is 12.3. The fourth-order valence-corrected chi connectivity index (χ4v) is 2.61. The highest BCUT2D eigenvalue weighted by molar-refractivity contribution is 6.30. The minimum absolute atomic E-state index is 0.0752. The number of carbonyl (C=O) groups excluding carboxylic acids is 2. The van der Waals surface area contributed by atoms with Crippen LogP contribution in [0.5, 0.6) is 5.75 Å².